The number of carbonyl (C=O) groups is 1. The van der Waals surface area contributed by atoms with Crippen LogP contribution in [0.15, 0.2) is 24.3 Å². The quantitative estimate of drug-likeness (QED) is 0.864. The summed E-state index contributed by atoms with van der Waals surface area (Å²) in [5, 5.41) is 14.2. The molecule has 0 spiro atoms. The second kappa shape index (κ2) is 6.74. The molecule has 2 N–H and O–H groups in total. The van der Waals surface area contributed by atoms with Crippen molar-refractivity contribution in [2.45, 2.75) is 45.3 Å². The summed E-state index contributed by atoms with van der Waals surface area (Å²) in [5.41, 5.74) is 2.68. The van der Waals surface area contributed by atoms with Gasteiger partial charge in [0.15, 0.2) is 5.82 Å². The first kappa shape index (κ1) is 15.9. The highest BCUT2D eigenvalue weighted by atomic mass is 16.2. The Labute approximate surface area is 147 Å². The second-order valence-electron chi connectivity index (χ2n) is 6.77. The van der Waals surface area contributed by atoms with Crippen LogP contribution in [0.3, 0.4) is 0 Å². The summed E-state index contributed by atoms with van der Waals surface area (Å²) in [6, 6.07) is 8.59. The van der Waals surface area contributed by atoms with Gasteiger partial charge in [0, 0.05) is 37.8 Å². The van der Waals surface area contributed by atoms with Gasteiger partial charge in [0.05, 0.1) is 6.54 Å². The zero-order chi connectivity index (χ0) is 17.2. The minimum atomic E-state index is -0.158. The molecule has 7 heteroatoms. The molecule has 25 heavy (non-hydrogen) atoms. The standard InChI is InChI=1S/C18H24N6O/c1-13(23-10-8-14-5-2-3-6-15(14)23)11-19-18(25)20-12-17-22-21-16-7-4-9-24(16)17/h2-3,5-6,13H,4,7-12H2,1H3,(H2,19,20,25). The van der Waals surface area contributed by atoms with Crippen LogP contribution in [0, 0.1) is 0 Å². The summed E-state index contributed by atoms with van der Waals surface area (Å²) in [4.78, 5) is 14.5. The molecule has 2 aliphatic heterocycles. The largest absolute Gasteiger partial charge is 0.366 e. The number of hydrogen-bond donors (Lipinski definition) is 2. The van der Waals surface area contributed by atoms with E-state index in [1.165, 1.54) is 11.3 Å². The van der Waals surface area contributed by atoms with E-state index in [1.807, 2.05) is 0 Å². The van der Waals surface area contributed by atoms with E-state index in [0.717, 1.165) is 44.0 Å². The molecule has 0 radical (unpaired) electrons. The molecule has 0 aliphatic carbocycles. The van der Waals surface area contributed by atoms with Crippen LogP contribution in [0.1, 0.15) is 30.6 Å². The van der Waals surface area contributed by atoms with E-state index in [9.17, 15) is 4.79 Å². The van der Waals surface area contributed by atoms with Crippen LogP contribution in [-0.2, 0) is 25.9 Å². The van der Waals surface area contributed by atoms with Crippen LogP contribution >= 0.6 is 0 Å². The number of nitrogens with one attached hydrogen (secondary N) is 2. The zero-order valence-corrected chi connectivity index (χ0v) is 14.5. The Hall–Kier alpha value is -2.57. The Morgan fingerprint density at radius 3 is 3.00 bits per heavy atom. The first-order valence-corrected chi connectivity index (χ1v) is 8.99. The minimum absolute atomic E-state index is 0.158. The molecule has 1 unspecified atom stereocenters. The molecule has 2 aliphatic rings. The molecule has 1 atom stereocenters. The monoisotopic (exact) mass is 340 g/mol. The van der Waals surface area contributed by atoms with E-state index in [4.69, 9.17) is 0 Å². The van der Waals surface area contributed by atoms with E-state index >= 15 is 0 Å². The number of amides is 2. The Morgan fingerprint density at radius 1 is 1.20 bits per heavy atom. The lowest BCUT2D eigenvalue weighted by atomic mass is 10.2. The fourth-order valence-corrected chi connectivity index (χ4v) is 3.74. The molecule has 3 heterocycles. The van der Waals surface area contributed by atoms with E-state index in [2.05, 4.69) is 61.5 Å². The summed E-state index contributed by atoms with van der Waals surface area (Å²) in [5.74, 6) is 1.86. The summed E-state index contributed by atoms with van der Waals surface area (Å²) < 4.78 is 2.10. The molecule has 2 aromatic rings. The number of anilines is 1. The third-order valence-electron chi connectivity index (χ3n) is 5.11. The van der Waals surface area contributed by atoms with Gasteiger partial charge in [-0.1, -0.05) is 18.2 Å². The van der Waals surface area contributed by atoms with Crippen molar-refractivity contribution in [3.8, 4) is 0 Å². The number of carbonyl (C=O) groups excluding carboxylic acids is 1. The molecule has 1 aromatic heterocycles. The fourth-order valence-electron chi connectivity index (χ4n) is 3.74. The smallest absolute Gasteiger partial charge is 0.315 e. The topological polar surface area (TPSA) is 75.1 Å². The zero-order valence-electron chi connectivity index (χ0n) is 14.5. The van der Waals surface area contributed by atoms with Gasteiger partial charge in [0.25, 0.3) is 0 Å². The first-order chi connectivity index (χ1) is 12.2. The van der Waals surface area contributed by atoms with Gasteiger partial charge in [0.2, 0.25) is 0 Å². The SMILES string of the molecule is CC(CNC(=O)NCc1nnc2n1CCC2)N1CCc2ccccc21. The maximum absolute atomic E-state index is 12.1. The number of hydrogen-bond acceptors (Lipinski definition) is 4. The lowest BCUT2D eigenvalue weighted by Gasteiger charge is -2.27. The van der Waals surface area contributed by atoms with Crippen LogP contribution in [0.5, 0.6) is 0 Å². The molecule has 0 saturated carbocycles. The highest BCUT2D eigenvalue weighted by Gasteiger charge is 2.23. The molecule has 132 valence electrons. The van der Waals surface area contributed by atoms with E-state index in [1.54, 1.807) is 0 Å². The second-order valence-corrected chi connectivity index (χ2v) is 6.77. The number of aromatic nitrogens is 3. The summed E-state index contributed by atoms with van der Waals surface area (Å²) in [6.07, 6.45) is 3.16. The molecule has 1 aromatic carbocycles. The fraction of sp³-hybridized carbons (Fsp3) is 0.500. The van der Waals surface area contributed by atoms with Crippen molar-refractivity contribution in [3.63, 3.8) is 0 Å². The molecule has 7 nitrogen and oxygen atoms in total. The van der Waals surface area contributed by atoms with Crippen LogP contribution in [0.4, 0.5) is 10.5 Å². The van der Waals surface area contributed by atoms with Gasteiger partial charge in [-0.2, -0.15) is 0 Å². The molecule has 0 fully saturated rings. The lowest BCUT2D eigenvalue weighted by Crippen LogP contribution is -2.44. The average molecular weight is 340 g/mol. The highest BCUT2D eigenvalue weighted by molar-refractivity contribution is 5.73. The van der Waals surface area contributed by atoms with Gasteiger partial charge < -0.3 is 20.1 Å². The first-order valence-electron chi connectivity index (χ1n) is 8.99. The van der Waals surface area contributed by atoms with Crippen molar-refractivity contribution >= 4 is 11.7 Å². The molecule has 0 saturated heterocycles. The highest BCUT2D eigenvalue weighted by Crippen LogP contribution is 2.28. The average Bonchev–Trinajstić information content (AvgIpc) is 3.33. The van der Waals surface area contributed by atoms with Gasteiger partial charge in [-0.3, -0.25) is 0 Å². The van der Waals surface area contributed by atoms with Crippen molar-refractivity contribution in [3.05, 3.63) is 41.5 Å². The van der Waals surface area contributed by atoms with Gasteiger partial charge in [-0.05, 0) is 31.4 Å². The van der Waals surface area contributed by atoms with Crippen molar-refractivity contribution in [2.24, 2.45) is 0 Å². The molecule has 4 rings (SSSR count). The molecular formula is C18H24N6O. The van der Waals surface area contributed by atoms with E-state index < -0.39 is 0 Å². The van der Waals surface area contributed by atoms with Gasteiger partial charge >= 0.3 is 6.03 Å². The Balaban J connectivity index is 1.26. The number of fused-ring (bicyclic) bond motifs is 2. The summed E-state index contributed by atoms with van der Waals surface area (Å²) in [6.45, 7) is 5.13. The van der Waals surface area contributed by atoms with Crippen molar-refractivity contribution in [2.75, 3.05) is 18.0 Å². The third-order valence-corrected chi connectivity index (χ3v) is 5.11. The Bertz CT molecular complexity index is 771. The number of aryl methyl sites for hydroxylation is 1. The number of para-hydroxylation sites is 1. The summed E-state index contributed by atoms with van der Waals surface area (Å²) >= 11 is 0. The molecule has 0 bridgehead atoms. The van der Waals surface area contributed by atoms with Gasteiger partial charge in [-0.15, -0.1) is 10.2 Å². The maximum Gasteiger partial charge on any atom is 0.315 e. The third kappa shape index (κ3) is 3.18. The summed E-state index contributed by atoms with van der Waals surface area (Å²) in [7, 11) is 0. The predicted molar refractivity (Wildman–Crippen MR) is 95.5 cm³/mol. The van der Waals surface area contributed by atoms with E-state index in [0.29, 0.717) is 13.1 Å². The van der Waals surface area contributed by atoms with Crippen LogP contribution in [-0.4, -0.2) is 39.9 Å². The minimum Gasteiger partial charge on any atom is -0.366 e. The number of benzene rings is 1. The van der Waals surface area contributed by atoms with E-state index in [-0.39, 0.29) is 12.1 Å². The molecule has 2 amide bonds. The van der Waals surface area contributed by atoms with Crippen molar-refractivity contribution in [1.29, 1.82) is 0 Å². The number of urea groups is 1. The number of nitrogens with zero attached hydrogens (tertiary/aromatic N) is 4. The van der Waals surface area contributed by atoms with Crippen molar-refractivity contribution < 1.29 is 4.79 Å². The maximum atomic E-state index is 12.1. The molecular weight excluding hydrogens is 316 g/mol. The van der Waals surface area contributed by atoms with Crippen LogP contribution in [0.25, 0.3) is 0 Å². The number of rotatable bonds is 5. The van der Waals surface area contributed by atoms with Crippen LogP contribution < -0.4 is 15.5 Å². The predicted octanol–water partition coefficient (Wildman–Crippen LogP) is 1.47. The van der Waals surface area contributed by atoms with Crippen molar-refractivity contribution in [1.82, 2.24) is 25.4 Å². The van der Waals surface area contributed by atoms with Crippen LogP contribution in [0.2, 0.25) is 0 Å². The lowest BCUT2D eigenvalue weighted by molar-refractivity contribution is 0.239. The Kier molecular flexibility index (Phi) is 4.29. The Morgan fingerprint density at radius 2 is 2.08 bits per heavy atom. The van der Waals surface area contributed by atoms with Gasteiger partial charge in [0.1, 0.15) is 5.82 Å². The van der Waals surface area contributed by atoms with Gasteiger partial charge in [-0.25, -0.2) is 4.79 Å². The normalized spacial score (nSPS) is 16.4.